The number of benzene rings is 5. The Morgan fingerprint density at radius 2 is 1.07 bits per heavy atom. The molecule has 0 aliphatic carbocycles. The largest absolute Gasteiger partial charge is 0.495 e. The minimum atomic E-state index is -0.469. The van der Waals surface area contributed by atoms with Crippen molar-refractivity contribution in [2.75, 3.05) is 0 Å². The SMILES string of the molecule is CC1(C)OB(c2cccc3oc4ccc(-c5ccccc5-c5ccccc5-c5ccccc5)cc4c23)OC1(C)C. The molecule has 196 valence electrons. The smallest absolute Gasteiger partial charge is 0.456 e. The number of furan rings is 1. The summed E-state index contributed by atoms with van der Waals surface area (Å²) in [7, 11) is -0.469. The molecule has 0 spiro atoms. The predicted octanol–water partition coefficient (Wildman–Crippen LogP) is 8.89. The molecule has 1 aliphatic heterocycles. The molecule has 1 saturated heterocycles. The summed E-state index contributed by atoms with van der Waals surface area (Å²) in [5.41, 5.74) is 8.98. The quantitative estimate of drug-likeness (QED) is 0.217. The van der Waals surface area contributed by atoms with Crippen LogP contribution >= 0.6 is 0 Å². The van der Waals surface area contributed by atoms with Crippen molar-refractivity contribution in [3.63, 3.8) is 0 Å². The van der Waals surface area contributed by atoms with Crippen molar-refractivity contribution < 1.29 is 13.7 Å². The Morgan fingerprint density at radius 1 is 0.500 bits per heavy atom. The van der Waals surface area contributed by atoms with Crippen LogP contribution in [0, 0.1) is 0 Å². The van der Waals surface area contributed by atoms with Gasteiger partial charge in [0.05, 0.1) is 11.2 Å². The van der Waals surface area contributed by atoms with E-state index in [0.717, 1.165) is 33.0 Å². The van der Waals surface area contributed by atoms with Gasteiger partial charge in [0.2, 0.25) is 0 Å². The minimum Gasteiger partial charge on any atom is -0.456 e. The van der Waals surface area contributed by atoms with Gasteiger partial charge < -0.3 is 13.7 Å². The summed E-state index contributed by atoms with van der Waals surface area (Å²) in [4.78, 5) is 0. The maximum absolute atomic E-state index is 6.46. The average molecular weight is 522 g/mol. The Labute approximate surface area is 235 Å². The molecule has 0 amide bonds. The van der Waals surface area contributed by atoms with Gasteiger partial charge >= 0.3 is 7.12 Å². The maximum atomic E-state index is 6.46. The minimum absolute atomic E-state index is 0.421. The number of hydrogen-bond acceptors (Lipinski definition) is 3. The molecule has 1 aromatic heterocycles. The van der Waals surface area contributed by atoms with E-state index in [4.69, 9.17) is 13.7 Å². The van der Waals surface area contributed by atoms with E-state index in [1.165, 1.54) is 27.8 Å². The van der Waals surface area contributed by atoms with Crippen LogP contribution in [0.2, 0.25) is 0 Å². The zero-order chi connectivity index (χ0) is 27.5. The molecule has 0 radical (unpaired) electrons. The van der Waals surface area contributed by atoms with Crippen LogP contribution in [0.4, 0.5) is 0 Å². The molecule has 0 atom stereocenters. The van der Waals surface area contributed by atoms with Crippen LogP contribution in [-0.4, -0.2) is 18.3 Å². The molecule has 6 aromatic rings. The number of hydrogen-bond donors (Lipinski definition) is 0. The van der Waals surface area contributed by atoms with Gasteiger partial charge in [-0.05, 0) is 84.7 Å². The van der Waals surface area contributed by atoms with Gasteiger partial charge in [-0.1, -0.05) is 97.1 Å². The molecule has 40 heavy (non-hydrogen) atoms. The lowest BCUT2D eigenvalue weighted by Gasteiger charge is -2.32. The van der Waals surface area contributed by atoms with Crippen LogP contribution in [0.25, 0.3) is 55.3 Å². The Hall–Kier alpha value is -4.12. The summed E-state index contributed by atoms with van der Waals surface area (Å²) in [5.74, 6) is 0. The second-order valence-electron chi connectivity index (χ2n) is 11.6. The highest BCUT2D eigenvalue weighted by Gasteiger charge is 2.52. The second kappa shape index (κ2) is 9.23. The van der Waals surface area contributed by atoms with Gasteiger partial charge in [-0.15, -0.1) is 0 Å². The van der Waals surface area contributed by atoms with E-state index in [0.29, 0.717) is 0 Å². The van der Waals surface area contributed by atoms with E-state index in [2.05, 4.69) is 131 Å². The third-order valence-corrected chi connectivity index (χ3v) is 8.57. The topological polar surface area (TPSA) is 31.6 Å². The Morgan fingerprint density at radius 3 is 1.73 bits per heavy atom. The maximum Gasteiger partial charge on any atom is 0.495 e. The summed E-state index contributed by atoms with van der Waals surface area (Å²) in [6, 6.07) is 40.5. The first-order valence-electron chi connectivity index (χ1n) is 13.9. The van der Waals surface area contributed by atoms with Gasteiger partial charge in [0.15, 0.2) is 0 Å². The van der Waals surface area contributed by atoms with Crippen LogP contribution in [0.5, 0.6) is 0 Å². The highest BCUT2D eigenvalue weighted by molar-refractivity contribution is 6.66. The van der Waals surface area contributed by atoms with Crippen molar-refractivity contribution in [1.82, 2.24) is 0 Å². The molecule has 7 rings (SSSR count). The first kappa shape index (κ1) is 24.9. The molecule has 1 aliphatic rings. The molecular formula is C36H31BO3. The lowest BCUT2D eigenvalue weighted by atomic mass is 9.76. The second-order valence-corrected chi connectivity index (χ2v) is 11.6. The summed E-state index contributed by atoms with van der Waals surface area (Å²) >= 11 is 0. The fourth-order valence-electron chi connectivity index (χ4n) is 5.75. The zero-order valence-electron chi connectivity index (χ0n) is 23.3. The lowest BCUT2D eigenvalue weighted by Crippen LogP contribution is -2.41. The molecule has 2 heterocycles. The fraction of sp³-hybridized carbons (Fsp3) is 0.167. The number of fused-ring (bicyclic) bond motifs is 3. The van der Waals surface area contributed by atoms with Gasteiger partial charge in [-0.25, -0.2) is 0 Å². The molecule has 4 heteroatoms. The molecule has 0 saturated carbocycles. The third kappa shape index (κ3) is 3.99. The lowest BCUT2D eigenvalue weighted by molar-refractivity contribution is 0.00578. The Kier molecular flexibility index (Phi) is 5.74. The van der Waals surface area contributed by atoms with Crippen LogP contribution in [0.15, 0.2) is 120 Å². The van der Waals surface area contributed by atoms with E-state index in [1.807, 2.05) is 12.1 Å². The summed E-state index contributed by atoms with van der Waals surface area (Å²) in [6.45, 7) is 8.34. The first-order chi connectivity index (χ1) is 19.3. The molecule has 0 N–H and O–H groups in total. The third-order valence-electron chi connectivity index (χ3n) is 8.57. The number of rotatable bonds is 4. The summed E-state index contributed by atoms with van der Waals surface area (Å²) in [6.07, 6.45) is 0. The normalized spacial score (nSPS) is 16.1. The van der Waals surface area contributed by atoms with Gasteiger partial charge in [0, 0.05) is 10.8 Å². The van der Waals surface area contributed by atoms with Crippen molar-refractivity contribution in [1.29, 1.82) is 0 Å². The van der Waals surface area contributed by atoms with Gasteiger partial charge in [0.1, 0.15) is 11.2 Å². The summed E-state index contributed by atoms with van der Waals surface area (Å²) in [5, 5.41) is 2.10. The fourth-order valence-corrected chi connectivity index (χ4v) is 5.75. The molecule has 1 fully saturated rings. The van der Waals surface area contributed by atoms with E-state index in [9.17, 15) is 0 Å². The zero-order valence-corrected chi connectivity index (χ0v) is 23.3. The van der Waals surface area contributed by atoms with Crippen LogP contribution in [-0.2, 0) is 9.31 Å². The van der Waals surface area contributed by atoms with E-state index in [1.54, 1.807) is 0 Å². The van der Waals surface area contributed by atoms with E-state index < -0.39 is 18.3 Å². The molecule has 0 unspecified atom stereocenters. The molecule has 0 bridgehead atoms. The van der Waals surface area contributed by atoms with Crippen molar-refractivity contribution in [3.05, 3.63) is 115 Å². The van der Waals surface area contributed by atoms with Crippen LogP contribution in [0.1, 0.15) is 27.7 Å². The van der Waals surface area contributed by atoms with Crippen molar-refractivity contribution in [2.24, 2.45) is 0 Å². The highest BCUT2D eigenvalue weighted by atomic mass is 16.7. The standard InChI is InChI=1S/C36H31BO3/c1-35(2)36(3,4)40-37(39-35)31-19-12-20-33-34(31)30-23-25(21-22-32(30)38-33)27-16-9-11-18-29(27)28-17-10-8-15-26(28)24-13-6-5-7-14-24/h5-23H,1-4H3. The Bertz CT molecular complexity index is 1850. The van der Waals surface area contributed by atoms with E-state index in [-0.39, 0.29) is 0 Å². The summed E-state index contributed by atoms with van der Waals surface area (Å²) < 4.78 is 19.2. The van der Waals surface area contributed by atoms with Crippen molar-refractivity contribution >= 4 is 34.5 Å². The van der Waals surface area contributed by atoms with Crippen LogP contribution < -0.4 is 5.46 Å². The van der Waals surface area contributed by atoms with Crippen LogP contribution in [0.3, 0.4) is 0 Å². The molecular weight excluding hydrogens is 491 g/mol. The van der Waals surface area contributed by atoms with Crippen molar-refractivity contribution in [2.45, 2.75) is 38.9 Å². The average Bonchev–Trinajstić information content (AvgIpc) is 3.45. The van der Waals surface area contributed by atoms with E-state index >= 15 is 0 Å². The van der Waals surface area contributed by atoms with Gasteiger partial charge in [-0.2, -0.15) is 0 Å². The predicted molar refractivity (Wildman–Crippen MR) is 166 cm³/mol. The first-order valence-corrected chi connectivity index (χ1v) is 13.9. The Balaban J connectivity index is 1.40. The van der Waals surface area contributed by atoms with Crippen molar-refractivity contribution in [3.8, 4) is 33.4 Å². The molecule has 5 aromatic carbocycles. The molecule has 3 nitrogen and oxygen atoms in total. The van der Waals surface area contributed by atoms with Gasteiger partial charge in [0.25, 0.3) is 0 Å². The highest BCUT2D eigenvalue weighted by Crippen LogP contribution is 2.41. The van der Waals surface area contributed by atoms with Gasteiger partial charge in [-0.3, -0.25) is 0 Å². The monoisotopic (exact) mass is 522 g/mol.